The fourth-order valence-corrected chi connectivity index (χ4v) is 9.80. The summed E-state index contributed by atoms with van der Waals surface area (Å²) >= 11 is 0. The van der Waals surface area contributed by atoms with Gasteiger partial charge < -0.3 is 31.7 Å². The third-order valence-corrected chi connectivity index (χ3v) is 12.4. The molecule has 0 aromatic heterocycles. The van der Waals surface area contributed by atoms with Crippen molar-refractivity contribution in [2.45, 2.75) is 239 Å². The fourth-order valence-electron chi connectivity index (χ4n) is 9.80. The van der Waals surface area contributed by atoms with Crippen LogP contribution in [-0.4, -0.2) is 91.0 Å². The number of unbranched alkanes of at least 4 members (excludes halogenated alkanes) is 7. The second-order valence-electron chi connectivity index (χ2n) is 21.8. The molecule has 2 rings (SSSR count). The summed E-state index contributed by atoms with van der Waals surface area (Å²) in [6.45, 7) is 25.1. The van der Waals surface area contributed by atoms with Crippen molar-refractivity contribution < 1.29 is 29.6 Å². The Balaban J connectivity index is 1.59. The predicted molar refractivity (Wildman–Crippen MR) is 247 cm³/mol. The zero-order valence-corrected chi connectivity index (χ0v) is 40.6. The molecule has 12 heteroatoms. The highest BCUT2D eigenvalue weighted by molar-refractivity contribution is 5.79. The van der Waals surface area contributed by atoms with Crippen LogP contribution in [0.5, 0.6) is 0 Å². The van der Waals surface area contributed by atoms with Crippen LogP contribution in [-0.2, 0) is 19.2 Å². The van der Waals surface area contributed by atoms with E-state index in [9.17, 15) is 29.6 Å². The SMILES string of the molecule is CC(C)CC(/C=C/CC(=O)NC1CC(C)(C)N(O)C(C)(C)C1)CNC(=O)CCCCCCCCCCC(=O)N[C@H](/C=C/CC(=O)NC1CC(C)(C)N(O)C(C)(C)C1)CC(C)C. The fraction of sp³-hybridized carbons (Fsp3) is 0.837. The first-order valence-electron chi connectivity index (χ1n) is 23.8. The summed E-state index contributed by atoms with van der Waals surface area (Å²) in [4.78, 5) is 51.0. The maximum Gasteiger partial charge on any atom is 0.224 e. The monoisotopic (exact) mass is 859 g/mol. The van der Waals surface area contributed by atoms with E-state index in [1.165, 1.54) is 10.1 Å². The number of piperidine rings is 2. The van der Waals surface area contributed by atoms with Crippen LogP contribution in [0.3, 0.4) is 0 Å². The maximum atomic E-state index is 12.8. The van der Waals surface area contributed by atoms with Gasteiger partial charge in [0.05, 0.1) is 0 Å². The Bertz CT molecular complexity index is 1390. The molecule has 0 bridgehead atoms. The van der Waals surface area contributed by atoms with Gasteiger partial charge in [-0.25, -0.2) is 0 Å². The van der Waals surface area contributed by atoms with Crippen molar-refractivity contribution in [2.24, 2.45) is 17.8 Å². The summed E-state index contributed by atoms with van der Waals surface area (Å²) in [5.41, 5.74) is -1.69. The normalized spacial score (nSPS) is 20.6. The lowest BCUT2D eigenvalue weighted by Crippen LogP contribution is -2.62. The van der Waals surface area contributed by atoms with Crippen molar-refractivity contribution in [3.63, 3.8) is 0 Å². The molecule has 2 heterocycles. The van der Waals surface area contributed by atoms with Crippen LogP contribution in [0.2, 0.25) is 0 Å². The molecule has 2 saturated heterocycles. The van der Waals surface area contributed by atoms with Gasteiger partial charge in [-0.05, 0) is 125 Å². The van der Waals surface area contributed by atoms with E-state index in [-0.39, 0.29) is 54.1 Å². The molecule has 0 aromatic carbocycles. The van der Waals surface area contributed by atoms with E-state index >= 15 is 0 Å². The minimum absolute atomic E-state index is 0.00720. The molecule has 0 saturated carbocycles. The summed E-state index contributed by atoms with van der Waals surface area (Å²) in [6.07, 6.45) is 22.1. The summed E-state index contributed by atoms with van der Waals surface area (Å²) in [5, 5.41) is 36.6. The highest BCUT2D eigenvalue weighted by Crippen LogP contribution is 2.38. The van der Waals surface area contributed by atoms with E-state index in [0.29, 0.717) is 63.3 Å². The highest BCUT2D eigenvalue weighted by atomic mass is 16.5. The Morgan fingerprint density at radius 2 is 0.934 bits per heavy atom. The largest absolute Gasteiger partial charge is 0.356 e. The first-order chi connectivity index (χ1) is 28.3. The molecular weight excluding hydrogens is 769 g/mol. The second-order valence-corrected chi connectivity index (χ2v) is 21.8. The van der Waals surface area contributed by atoms with Gasteiger partial charge in [0.15, 0.2) is 0 Å². The Hall–Kier alpha value is -2.80. The molecule has 2 fully saturated rings. The molecule has 4 amide bonds. The average Bonchev–Trinajstić information content (AvgIpc) is 3.11. The molecule has 12 nitrogen and oxygen atoms in total. The van der Waals surface area contributed by atoms with Gasteiger partial charge in [-0.3, -0.25) is 19.2 Å². The Morgan fingerprint density at radius 3 is 1.34 bits per heavy atom. The van der Waals surface area contributed by atoms with Crippen LogP contribution >= 0.6 is 0 Å². The summed E-state index contributed by atoms with van der Waals surface area (Å²) < 4.78 is 0. The van der Waals surface area contributed by atoms with Crippen LogP contribution in [0.25, 0.3) is 0 Å². The van der Waals surface area contributed by atoms with Crippen LogP contribution in [0.1, 0.15) is 199 Å². The van der Waals surface area contributed by atoms with Crippen LogP contribution in [0, 0.1) is 17.8 Å². The Kier molecular flexibility index (Phi) is 22.7. The van der Waals surface area contributed by atoms with Gasteiger partial charge in [0.1, 0.15) is 0 Å². The van der Waals surface area contributed by atoms with Gasteiger partial charge in [-0.2, -0.15) is 10.1 Å². The zero-order chi connectivity index (χ0) is 46.0. The molecule has 0 spiro atoms. The topological polar surface area (TPSA) is 163 Å². The second kappa shape index (κ2) is 25.5. The number of hydroxylamine groups is 4. The van der Waals surface area contributed by atoms with Crippen molar-refractivity contribution in [2.75, 3.05) is 6.54 Å². The number of carbonyl (C=O) groups excluding carboxylic acids is 4. The molecular formula is C49H90N6O6. The average molecular weight is 859 g/mol. The molecule has 0 radical (unpaired) electrons. The minimum Gasteiger partial charge on any atom is -0.356 e. The first-order valence-corrected chi connectivity index (χ1v) is 23.8. The molecule has 0 aromatic rings. The Morgan fingerprint density at radius 1 is 0.557 bits per heavy atom. The number of hydrogen-bond donors (Lipinski definition) is 6. The molecule has 0 aliphatic carbocycles. The summed E-state index contributed by atoms with van der Waals surface area (Å²) in [7, 11) is 0. The summed E-state index contributed by atoms with van der Waals surface area (Å²) in [6, 6.07) is -0.106. The van der Waals surface area contributed by atoms with E-state index < -0.39 is 22.2 Å². The van der Waals surface area contributed by atoms with Gasteiger partial charge in [-0.1, -0.05) is 90.5 Å². The molecule has 2 aliphatic rings. The van der Waals surface area contributed by atoms with Gasteiger partial charge in [0, 0.05) is 72.5 Å². The quantitative estimate of drug-likeness (QED) is 0.0371. The van der Waals surface area contributed by atoms with E-state index in [1.807, 2.05) is 73.6 Å². The predicted octanol–water partition coefficient (Wildman–Crippen LogP) is 9.14. The number of nitrogens with zero attached hydrogens (tertiary/aromatic N) is 2. The zero-order valence-electron chi connectivity index (χ0n) is 40.6. The van der Waals surface area contributed by atoms with Crippen molar-refractivity contribution in [3.8, 4) is 0 Å². The van der Waals surface area contributed by atoms with E-state index in [0.717, 1.165) is 64.2 Å². The van der Waals surface area contributed by atoms with Gasteiger partial charge in [0.25, 0.3) is 0 Å². The summed E-state index contributed by atoms with van der Waals surface area (Å²) in [5.74, 6) is 1.12. The van der Waals surface area contributed by atoms with Crippen molar-refractivity contribution in [1.29, 1.82) is 0 Å². The third kappa shape index (κ3) is 21.0. The first kappa shape index (κ1) is 54.3. The maximum absolute atomic E-state index is 12.8. The molecule has 61 heavy (non-hydrogen) atoms. The third-order valence-electron chi connectivity index (χ3n) is 12.4. The number of carbonyl (C=O) groups is 4. The van der Waals surface area contributed by atoms with E-state index in [2.05, 4.69) is 55.0 Å². The van der Waals surface area contributed by atoms with E-state index in [4.69, 9.17) is 0 Å². The number of amides is 4. The van der Waals surface area contributed by atoms with Crippen molar-refractivity contribution in [3.05, 3.63) is 24.3 Å². The Labute approximate surface area is 371 Å². The number of hydrogen-bond acceptors (Lipinski definition) is 8. The van der Waals surface area contributed by atoms with Crippen molar-refractivity contribution in [1.82, 2.24) is 31.4 Å². The molecule has 2 atom stereocenters. The molecule has 6 N–H and O–H groups in total. The van der Waals surface area contributed by atoms with Gasteiger partial charge in [-0.15, -0.1) is 0 Å². The lowest BCUT2D eigenvalue weighted by molar-refractivity contribution is -0.246. The van der Waals surface area contributed by atoms with Crippen molar-refractivity contribution >= 4 is 23.6 Å². The van der Waals surface area contributed by atoms with Gasteiger partial charge in [0.2, 0.25) is 23.6 Å². The van der Waals surface area contributed by atoms with Crippen LogP contribution in [0.15, 0.2) is 24.3 Å². The molecule has 2 aliphatic heterocycles. The highest BCUT2D eigenvalue weighted by Gasteiger charge is 2.46. The number of nitrogens with one attached hydrogen (secondary N) is 4. The lowest BCUT2D eigenvalue weighted by atomic mass is 9.79. The van der Waals surface area contributed by atoms with Crippen LogP contribution in [0.4, 0.5) is 0 Å². The molecule has 352 valence electrons. The minimum atomic E-state index is -0.426. The van der Waals surface area contributed by atoms with Crippen LogP contribution < -0.4 is 21.3 Å². The number of rotatable bonds is 26. The van der Waals surface area contributed by atoms with E-state index in [1.54, 1.807) is 0 Å². The lowest BCUT2D eigenvalue weighted by Gasteiger charge is -2.51. The van der Waals surface area contributed by atoms with Gasteiger partial charge >= 0.3 is 0 Å². The molecule has 1 unspecified atom stereocenters. The standard InChI is InChI=1S/C49H90N6O6/c1-36(2)29-38(23-21-27-44(58)52-40-31-46(5,6)54(60)47(7,8)32-40)35-50-42(56)25-19-17-15-13-14-16-18-20-26-43(57)51-39(30-37(3)4)24-22-28-45(59)53-41-33-48(9,10)55(61)49(11,12)34-41/h21-24,36-41,60-61H,13-20,25-35H2,1-12H3,(H,50,56)(H,51,57)(H,52,58)(H,53,59)/b23-21+,24-22+/t38?,39-/m1/s1. The smallest absolute Gasteiger partial charge is 0.224 e.